The van der Waals surface area contributed by atoms with Crippen molar-refractivity contribution in [1.82, 2.24) is 9.97 Å². The van der Waals surface area contributed by atoms with Gasteiger partial charge in [-0.3, -0.25) is 14.8 Å². The maximum absolute atomic E-state index is 10.6. The molecule has 1 atom stereocenters. The zero-order chi connectivity index (χ0) is 13.0. The third kappa shape index (κ3) is 2.89. The van der Waals surface area contributed by atoms with Crippen molar-refractivity contribution >= 4 is 5.97 Å². The van der Waals surface area contributed by atoms with Gasteiger partial charge in [0.15, 0.2) is 0 Å². The van der Waals surface area contributed by atoms with Crippen molar-refractivity contribution in [1.29, 1.82) is 0 Å². The molecule has 0 aliphatic heterocycles. The molecule has 0 amide bonds. The third-order valence-electron chi connectivity index (χ3n) is 2.52. The van der Waals surface area contributed by atoms with E-state index >= 15 is 0 Å². The summed E-state index contributed by atoms with van der Waals surface area (Å²) in [6, 6.07) is 8.33. The molecular weight excluding hydrogens is 230 g/mol. The number of carboxylic acids is 1. The van der Waals surface area contributed by atoms with E-state index in [1.165, 1.54) is 0 Å². The molecule has 2 heterocycles. The van der Waals surface area contributed by atoms with Crippen molar-refractivity contribution in [2.75, 3.05) is 0 Å². The molecule has 0 bridgehead atoms. The molecule has 0 radical (unpaired) electrons. The number of hydrogen-bond acceptors (Lipinski definition) is 4. The summed E-state index contributed by atoms with van der Waals surface area (Å²) in [5.41, 5.74) is 7.79. The zero-order valence-electron chi connectivity index (χ0n) is 9.65. The van der Waals surface area contributed by atoms with E-state index in [1.807, 2.05) is 30.3 Å². The maximum atomic E-state index is 10.6. The van der Waals surface area contributed by atoms with Crippen LogP contribution in [0.15, 0.2) is 42.7 Å². The molecule has 0 aliphatic rings. The van der Waals surface area contributed by atoms with Crippen LogP contribution in [0.4, 0.5) is 0 Å². The Labute approximate surface area is 104 Å². The van der Waals surface area contributed by atoms with Gasteiger partial charge in [-0.25, -0.2) is 0 Å². The molecule has 5 nitrogen and oxygen atoms in total. The molecule has 2 aromatic rings. The van der Waals surface area contributed by atoms with Crippen LogP contribution in [0.3, 0.4) is 0 Å². The Morgan fingerprint density at radius 2 is 2.00 bits per heavy atom. The minimum Gasteiger partial charge on any atom is -0.480 e. The molecule has 3 N–H and O–H groups in total. The highest BCUT2D eigenvalue weighted by Gasteiger charge is 2.12. The SMILES string of the molecule is N[C@@H](Cc1ccc(-c2ccccn2)nc1)C(=O)O. The van der Waals surface area contributed by atoms with E-state index in [0.29, 0.717) is 0 Å². The summed E-state index contributed by atoms with van der Waals surface area (Å²) in [5, 5.41) is 8.72. The first kappa shape index (κ1) is 12.2. The van der Waals surface area contributed by atoms with Crippen LogP contribution in [-0.4, -0.2) is 27.1 Å². The summed E-state index contributed by atoms with van der Waals surface area (Å²) in [6.45, 7) is 0. The van der Waals surface area contributed by atoms with Gasteiger partial charge >= 0.3 is 5.97 Å². The molecule has 0 aliphatic carbocycles. The van der Waals surface area contributed by atoms with E-state index in [4.69, 9.17) is 10.8 Å². The van der Waals surface area contributed by atoms with Gasteiger partial charge in [0.1, 0.15) is 6.04 Å². The Morgan fingerprint density at radius 1 is 1.22 bits per heavy atom. The summed E-state index contributed by atoms with van der Waals surface area (Å²) in [6.07, 6.45) is 3.60. The summed E-state index contributed by atoms with van der Waals surface area (Å²) in [4.78, 5) is 19.1. The summed E-state index contributed by atoms with van der Waals surface area (Å²) >= 11 is 0. The molecule has 0 fully saturated rings. The van der Waals surface area contributed by atoms with Gasteiger partial charge < -0.3 is 10.8 Å². The summed E-state index contributed by atoms with van der Waals surface area (Å²) in [7, 11) is 0. The van der Waals surface area contributed by atoms with Gasteiger partial charge in [0.2, 0.25) is 0 Å². The second-order valence-corrected chi connectivity index (χ2v) is 3.92. The Bertz CT molecular complexity index is 526. The van der Waals surface area contributed by atoms with E-state index in [1.54, 1.807) is 12.4 Å². The minimum atomic E-state index is -1.01. The van der Waals surface area contributed by atoms with Crippen LogP contribution >= 0.6 is 0 Å². The van der Waals surface area contributed by atoms with Crippen LogP contribution in [-0.2, 0) is 11.2 Å². The highest BCUT2D eigenvalue weighted by atomic mass is 16.4. The molecule has 0 aromatic carbocycles. The number of nitrogens with two attached hydrogens (primary N) is 1. The fourth-order valence-electron chi connectivity index (χ4n) is 1.55. The number of aliphatic carboxylic acids is 1. The van der Waals surface area contributed by atoms with Gasteiger partial charge in [0, 0.05) is 12.4 Å². The van der Waals surface area contributed by atoms with E-state index in [9.17, 15) is 4.79 Å². The van der Waals surface area contributed by atoms with Crippen LogP contribution in [0.5, 0.6) is 0 Å². The fraction of sp³-hybridized carbons (Fsp3) is 0.154. The molecule has 2 aromatic heterocycles. The van der Waals surface area contributed by atoms with E-state index < -0.39 is 12.0 Å². The summed E-state index contributed by atoms with van der Waals surface area (Å²) < 4.78 is 0. The van der Waals surface area contributed by atoms with Gasteiger partial charge in [-0.1, -0.05) is 12.1 Å². The Kier molecular flexibility index (Phi) is 3.64. The predicted octanol–water partition coefficient (Wildman–Crippen LogP) is 1.10. The highest BCUT2D eigenvalue weighted by molar-refractivity contribution is 5.73. The average Bonchev–Trinajstić information content (AvgIpc) is 2.40. The van der Waals surface area contributed by atoms with E-state index in [2.05, 4.69) is 9.97 Å². The Balaban J connectivity index is 2.13. The normalized spacial score (nSPS) is 12.1. The zero-order valence-corrected chi connectivity index (χ0v) is 9.65. The largest absolute Gasteiger partial charge is 0.480 e. The smallest absolute Gasteiger partial charge is 0.320 e. The van der Waals surface area contributed by atoms with Crippen molar-refractivity contribution in [2.24, 2.45) is 5.73 Å². The van der Waals surface area contributed by atoms with Gasteiger partial charge in [0.25, 0.3) is 0 Å². The van der Waals surface area contributed by atoms with Crippen LogP contribution < -0.4 is 5.73 Å². The average molecular weight is 243 g/mol. The predicted molar refractivity (Wildman–Crippen MR) is 66.8 cm³/mol. The number of carbonyl (C=O) groups is 1. The molecule has 0 saturated heterocycles. The van der Waals surface area contributed by atoms with Crippen LogP contribution in [0.2, 0.25) is 0 Å². The van der Waals surface area contributed by atoms with Crippen LogP contribution in [0, 0.1) is 0 Å². The molecule has 92 valence electrons. The number of aromatic nitrogens is 2. The molecule has 18 heavy (non-hydrogen) atoms. The van der Waals surface area contributed by atoms with Gasteiger partial charge in [-0.05, 0) is 30.2 Å². The monoisotopic (exact) mass is 243 g/mol. The first-order chi connectivity index (χ1) is 8.66. The lowest BCUT2D eigenvalue weighted by Crippen LogP contribution is -2.32. The Hall–Kier alpha value is -2.27. The molecule has 5 heteroatoms. The fourth-order valence-corrected chi connectivity index (χ4v) is 1.55. The molecule has 0 saturated carbocycles. The van der Waals surface area contributed by atoms with E-state index in [-0.39, 0.29) is 6.42 Å². The quantitative estimate of drug-likeness (QED) is 0.839. The van der Waals surface area contributed by atoms with Gasteiger partial charge in [0.05, 0.1) is 11.4 Å². The van der Waals surface area contributed by atoms with E-state index in [0.717, 1.165) is 17.0 Å². The molecule has 0 spiro atoms. The lowest BCUT2D eigenvalue weighted by molar-refractivity contribution is -0.138. The van der Waals surface area contributed by atoms with Crippen molar-refractivity contribution in [3.8, 4) is 11.4 Å². The summed E-state index contributed by atoms with van der Waals surface area (Å²) in [5.74, 6) is -1.01. The third-order valence-corrected chi connectivity index (χ3v) is 2.52. The lowest BCUT2D eigenvalue weighted by atomic mass is 10.1. The topological polar surface area (TPSA) is 89.1 Å². The number of carboxylic acid groups (broad SMARTS) is 1. The van der Waals surface area contributed by atoms with Gasteiger partial charge in [-0.15, -0.1) is 0 Å². The number of rotatable bonds is 4. The maximum Gasteiger partial charge on any atom is 0.320 e. The first-order valence-electron chi connectivity index (χ1n) is 5.51. The minimum absolute atomic E-state index is 0.269. The van der Waals surface area contributed by atoms with Crippen molar-refractivity contribution in [3.05, 3.63) is 48.3 Å². The number of nitrogens with zero attached hydrogens (tertiary/aromatic N) is 2. The van der Waals surface area contributed by atoms with Crippen LogP contribution in [0.25, 0.3) is 11.4 Å². The number of pyridine rings is 2. The van der Waals surface area contributed by atoms with Crippen molar-refractivity contribution in [2.45, 2.75) is 12.5 Å². The molecule has 2 rings (SSSR count). The van der Waals surface area contributed by atoms with Crippen molar-refractivity contribution in [3.63, 3.8) is 0 Å². The second kappa shape index (κ2) is 5.37. The van der Waals surface area contributed by atoms with Crippen molar-refractivity contribution < 1.29 is 9.90 Å². The standard InChI is InChI=1S/C13H13N3O2/c14-10(13(17)18)7-9-4-5-12(16-8-9)11-3-1-2-6-15-11/h1-6,8,10H,7,14H2,(H,17,18)/t10-/m0/s1. The van der Waals surface area contributed by atoms with Gasteiger partial charge in [-0.2, -0.15) is 0 Å². The lowest BCUT2D eigenvalue weighted by Gasteiger charge is -2.06. The molecular formula is C13H13N3O2. The second-order valence-electron chi connectivity index (χ2n) is 3.92. The highest BCUT2D eigenvalue weighted by Crippen LogP contribution is 2.13. The Morgan fingerprint density at radius 3 is 2.56 bits per heavy atom. The van der Waals surface area contributed by atoms with Crippen LogP contribution in [0.1, 0.15) is 5.56 Å². The first-order valence-corrected chi connectivity index (χ1v) is 5.51. The molecule has 0 unspecified atom stereocenters. The number of hydrogen-bond donors (Lipinski definition) is 2.